The highest BCUT2D eigenvalue weighted by Gasteiger charge is 2.26. The first-order valence-corrected chi connectivity index (χ1v) is 9.14. The molecule has 0 fully saturated rings. The predicted molar refractivity (Wildman–Crippen MR) is 107 cm³/mol. The number of amides is 1. The fourth-order valence-electron chi connectivity index (χ4n) is 2.88. The van der Waals surface area contributed by atoms with Gasteiger partial charge in [-0.1, -0.05) is 26.0 Å². The van der Waals surface area contributed by atoms with Crippen LogP contribution in [0.1, 0.15) is 47.0 Å². The Morgan fingerprint density at radius 3 is 2.45 bits per heavy atom. The summed E-state index contributed by atoms with van der Waals surface area (Å²) in [5, 5.41) is 12.2. The number of anilines is 1. The van der Waals surface area contributed by atoms with E-state index in [-0.39, 0.29) is 22.8 Å². The van der Waals surface area contributed by atoms with Crippen LogP contribution in [0.3, 0.4) is 0 Å². The van der Waals surface area contributed by atoms with Crippen molar-refractivity contribution in [2.75, 3.05) is 11.9 Å². The predicted octanol–water partition coefficient (Wildman–Crippen LogP) is 4.17. The van der Waals surface area contributed by atoms with Crippen LogP contribution in [-0.4, -0.2) is 23.1 Å². The van der Waals surface area contributed by atoms with Gasteiger partial charge in [0, 0.05) is 18.1 Å². The van der Waals surface area contributed by atoms with E-state index in [4.69, 9.17) is 9.15 Å². The van der Waals surface area contributed by atoms with Crippen molar-refractivity contribution in [2.24, 2.45) is 0 Å². The Hall–Kier alpha value is -3.79. The lowest BCUT2D eigenvalue weighted by Gasteiger charge is -2.09. The summed E-state index contributed by atoms with van der Waals surface area (Å²) in [6.45, 7) is 5.27. The molecular weight excluding hydrogens is 370 g/mol. The first kappa shape index (κ1) is 20.0. The van der Waals surface area contributed by atoms with Gasteiger partial charge in [0.2, 0.25) is 5.88 Å². The van der Waals surface area contributed by atoms with E-state index in [1.54, 1.807) is 48.1 Å². The van der Waals surface area contributed by atoms with Crippen LogP contribution in [0, 0.1) is 18.3 Å². The monoisotopic (exact) mass is 391 g/mol. The molecule has 0 unspecified atom stereocenters. The Kier molecular flexibility index (Phi) is 5.84. The van der Waals surface area contributed by atoms with Gasteiger partial charge in [-0.3, -0.25) is 9.36 Å². The van der Waals surface area contributed by atoms with Crippen molar-refractivity contribution >= 4 is 17.6 Å². The van der Waals surface area contributed by atoms with E-state index < -0.39 is 18.5 Å². The average molecular weight is 391 g/mol. The highest BCUT2D eigenvalue weighted by molar-refractivity contribution is 5.97. The molecule has 7 nitrogen and oxygen atoms in total. The number of aromatic nitrogens is 1. The number of carbonyl (C=O) groups excluding carboxylic acids is 2. The zero-order valence-corrected chi connectivity index (χ0v) is 16.4. The lowest BCUT2D eigenvalue weighted by molar-refractivity contribution is -0.119. The van der Waals surface area contributed by atoms with Crippen LogP contribution in [-0.2, 0) is 9.53 Å². The minimum atomic E-state index is -0.786. The molecular formula is C22H21N3O4. The van der Waals surface area contributed by atoms with E-state index in [0.717, 1.165) is 5.56 Å². The van der Waals surface area contributed by atoms with E-state index in [9.17, 15) is 14.9 Å². The number of nitriles is 1. The van der Waals surface area contributed by atoms with E-state index in [0.29, 0.717) is 11.6 Å². The summed E-state index contributed by atoms with van der Waals surface area (Å²) in [6, 6.07) is 13.0. The van der Waals surface area contributed by atoms with Gasteiger partial charge >= 0.3 is 5.97 Å². The number of rotatable bonds is 6. The molecule has 0 saturated carbocycles. The van der Waals surface area contributed by atoms with Crippen LogP contribution in [0.5, 0.6) is 0 Å². The molecule has 1 N–H and O–H groups in total. The lowest BCUT2D eigenvalue weighted by Crippen LogP contribution is -2.21. The van der Waals surface area contributed by atoms with Gasteiger partial charge in [0.1, 0.15) is 23.0 Å². The third-order valence-corrected chi connectivity index (χ3v) is 4.42. The second kappa shape index (κ2) is 8.48. The van der Waals surface area contributed by atoms with Gasteiger partial charge in [0.05, 0.1) is 0 Å². The minimum Gasteiger partial charge on any atom is -0.452 e. The summed E-state index contributed by atoms with van der Waals surface area (Å²) in [4.78, 5) is 24.6. The summed E-state index contributed by atoms with van der Waals surface area (Å²) in [5.41, 5.74) is 1.86. The molecule has 3 rings (SSSR count). The topological polar surface area (TPSA) is 97.3 Å². The molecule has 0 aliphatic carbocycles. The molecule has 0 aliphatic rings. The summed E-state index contributed by atoms with van der Waals surface area (Å²) in [7, 11) is 0. The van der Waals surface area contributed by atoms with Crippen LogP contribution in [0.25, 0.3) is 5.88 Å². The van der Waals surface area contributed by atoms with E-state index in [1.807, 2.05) is 18.2 Å². The van der Waals surface area contributed by atoms with Crippen molar-refractivity contribution in [1.82, 2.24) is 4.57 Å². The van der Waals surface area contributed by atoms with Crippen LogP contribution in [0.15, 0.2) is 53.2 Å². The van der Waals surface area contributed by atoms with Crippen molar-refractivity contribution in [1.29, 1.82) is 5.26 Å². The molecule has 1 aromatic carbocycles. The number of ether oxygens (including phenoxy) is 1. The van der Waals surface area contributed by atoms with Crippen LogP contribution in [0.2, 0.25) is 0 Å². The van der Waals surface area contributed by atoms with Crippen LogP contribution < -0.4 is 5.32 Å². The molecule has 0 bridgehead atoms. The van der Waals surface area contributed by atoms with Crippen molar-refractivity contribution in [2.45, 2.75) is 26.7 Å². The number of hydrogen-bond acceptors (Lipinski definition) is 5. The first-order valence-electron chi connectivity index (χ1n) is 9.14. The Morgan fingerprint density at radius 2 is 1.86 bits per heavy atom. The van der Waals surface area contributed by atoms with Gasteiger partial charge in [0.25, 0.3) is 5.91 Å². The number of esters is 1. The van der Waals surface area contributed by atoms with E-state index in [1.165, 1.54) is 0 Å². The van der Waals surface area contributed by atoms with Gasteiger partial charge in [-0.2, -0.15) is 5.26 Å². The molecule has 148 valence electrons. The molecule has 0 atom stereocenters. The minimum absolute atomic E-state index is 0.0188. The Morgan fingerprint density at radius 1 is 1.21 bits per heavy atom. The van der Waals surface area contributed by atoms with Crippen LogP contribution in [0.4, 0.5) is 5.69 Å². The number of nitrogens with zero attached hydrogens (tertiary/aromatic N) is 2. The summed E-state index contributed by atoms with van der Waals surface area (Å²) < 4.78 is 12.3. The Labute approximate surface area is 168 Å². The zero-order valence-electron chi connectivity index (χ0n) is 16.4. The molecule has 1 amide bonds. The van der Waals surface area contributed by atoms with Crippen molar-refractivity contribution < 1.29 is 18.7 Å². The highest BCUT2D eigenvalue weighted by atomic mass is 16.5. The number of benzene rings is 1. The normalized spacial score (nSPS) is 10.6. The molecule has 3 aromatic rings. The summed E-state index contributed by atoms with van der Waals surface area (Å²) >= 11 is 0. The summed E-state index contributed by atoms with van der Waals surface area (Å²) in [5.74, 6) is -0.381. The second-order valence-corrected chi connectivity index (χ2v) is 6.82. The number of nitrogens with one attached hydrogen (secondary N) is 1. The third kappa shape index (κ3) is 4.38. The molecule has 7 heteroatoms. The van der Waals surface area contributed by atoms with Crippen molar-refractivity contribution in [3.8, 4) is 12.0 Å². The Bertz CT molecular complexity index is 1050. The summed E-state index contributed by atoms with van der Waals surface area (Å²) in [6.07, 6.45) is 3.40. The maximum absolute atomic E-state index is 12.5. The molecule has 0 spiro atoms. The SMILES string of the molecule is Cc1oc(-n2cccc2)c(C#N)c1C(=O)OCC(=O)Nc1ccc(C(C)C)cc1. The fourth-order valence-corrected chi connectivity index (χ4v) is 2.88. The largest absolute Gasteiger partial charge is 0.452 e. The lowest BCUT2D eigenvalue weighted by atomic mass is 10.0. The third-order valence-electron chi connectivity index (χ3n) is 4.42. The maximum Gasteiger partial charge on any atom is 0.343 e. The average Bonchev–Trinajstić information content (AvgIpc) is 3.33. The number of aryl methyl sites for hydroxylation is 1. The standard InChI is InChI=1S/C22H21N3O4/c1-14(2)16-6-8-17(9-7-16)24-19(26)13-28-22(27)20-15(3)29-21(18(20)12-23)25-10-4-5-11-25/h4-11,14H,13H2,1-3H3,(H,24,26). The van der Waals surface area contributed by atoms with Crippen molar-refractivity contribution in [3.63, 3.8) is 0 Å². The smallest absolute Gasteiger partial charge is 0.343 e. The number of carbonyl (C=O) groups is 2. The fraction of sp³-hybridized carbons (Fsp3) is 0.227. The number of hydrogen-bond donors (Lipinski definition) is 1. The highest BCUT2D eigenvalue weighted by Crippen LogP contribution is 2.26. The van der Waals surface area contributed by atoms with Crippen LogP contribution >= 0.6 is 0 Å². The Balaban J connectivity index is 1.66. The second-order valence-electron chi connectivity index (χ2n) is 6.82. The van der Waals surface area contributed by atoms with E-state index >= 15 is 0 Å². The first-order chi connectivity index (χ1) is 13.9. The molecule has 29 heavy (non-hydrogen) atoms. The molecule has 2 aromatic heterocycles. The quantitative estimate of drug-likeness (QED) is 0.636. The van der Waals surface area contributed by atoms with Gasteiger partial charge in [0.15, 0.2) is 6.61 Å². The maximum atomic E-state index is 12.5. The van der Waals surface area contributed by atoms with Gasteiger partial charge < -0.3 is 14.5 Å². The molecule has 0 aliphatic heterocycles. The number of furan rings is 1. The van der Waals surface area contributed by atoms with E-state index in [2.05, 4.69) is 19.2 Å². The van der Waals surface area contributed by atoms with Crippen molar-refractivity contribution in [3.05, 3.63) is 71.2 Å². The zero-order chi connectivity index (χ0) is 21.0. The molecule has 0 saturated heterocycles. The molecule has 2 heterocycles. The van der Waals surface area contributed by atoms with Gasteiger partial charge in [-0.05, 0) is 42.7 Å². The molecule has 0 radical (unpaired) electrons. The van der Waals surface area contributed by atoms with Gasteiger partial charge in [-0.25, -0.2) is 4.79 Å². The van der Waals surface area contributed by atoms with Gasteiger partial charge in [-0.15, -0.1) is 0 Å².